The average Bonchev–Trinajstić information content (AvgIpc) is 2.71. The number of ether oxygens (including phenoxy) is 3. The van der Waals surface area contributed by atoms with Crippen LogP contribution in [0.1, 0.15) is 20.7 Å². The van der Waals surface area contributed by atoms with Gasteiger partial charge in [-0.15, -0.1) is 0 Å². The van der Waals surface area contributed by atoms with E-state index in [0.717, 1.165) is 0 Å². The third-order valence-electron chi connectivity index (χ3n) is 3.57. The summed E-state index contributed by atoms with van der Waals surface area (Å²) < 4.78 is 16.2. The van der Waals surface area contributed by atoms with E-state index in [0.29, 0.717) is 27.3 Å². The molecule has 10 heteroatoms. The Bertz CT molecular complexity index is 907. The monoisotopic (exact) mass is 467 g/mol. The van der Waals surface area contributed by atoms with Crippen molar-refractivity contribution in [2.45, 2.75) is 0 Å². The van der Waals surface area contributed by atoms with Crippen LogP contribution in [0.15, 0.2) is 40.9 Å². The van der Waals surface area contributed by atoms with Gasteiger partial charge in [0.2, 0.25) is 0 Å². The van der Waals surface area contributed by atoms with E-state index >= 15 is 0 Å². The second-order valence-corrected chi connectivity index (χ2v) is 6.60. The molecule has 3 N–H and O–H groups in total. The van der Waals surface area contributed by atoms with E-state index in [1.807, 2.05) is 0 Å². The van der Waals surface area contributed by atoms with Gasteiger partial charge in [0, 0.05) is 10.0 Å². The first-order chi connectivity index (χ1) is 13.4. The Morgan fingerprint density at radius 3 is 2.14 bits per heavy atom. The van der Waals surface area contributed by atoms with Gasteiger partial charge < -0.3 is 14.2 Å². The van der Waals surface area contributed by atoms with Gasteiger partial charge >= 0.3 is 0 Å². The van der Waals surface area contributed by atoms with Crippen LogP contribution in [0, 0.1) is 0 Å². The number of thiocarbonyl (C=S) groups is 1. The van der Waals surface area contributed by atoms with E-state index < -0.39 is 11.8 Å². The number of amides is 2. The van der Waals surface area contributed by atoms with E-state index in [4.69, 9.17) is 26.4 Å². The van der Waals surface area contributed by atoms with E-state index in [-0.39, 0.29) is 10.7 Å². The van der Waals surface area contributed by atoms with Gasteiger partial charge in [-0.3, -0.25) is 25.8 Å². The molecule has 2 aromatic rings. The van der Waals surface area contributed by atoms with Crippen molar-refractivity contribution in [1.29, 1.82) is 0 Å². The van der Waals surface area contributed by atoms with Gasteiger partial charge in [0.25, 0.3) is 11.8 Å². The fraction of sp³-hybridized carbons (Fsp3) is 0.167. The maximum absolute atomic E-state index is 12.4. The first-order valence-corrected chi connectivity index (χ1v) is 9.07. The Labute approximate surface area is 175 Å². The smallest absolute Gasteiger partial charge is 0.269 e. The number of halogens is 1. The summed E-state index contributed by atoms with van der Waals surface area (Å²) >= 11 is 8.34. The van der Waals surface area contributed by atoms with Crippen molar-refractivity contribution in [2.24, 2.45) is 0 Å². The Kier molecular flexibility index (Phi) is 7.59. The molecule has 0 unspecified atom stereocenters. The fourth-order valence-electron chi connectivity index (χ4n) is 2.22. The molecule has 0 aromatic heterocycles. The molecule has 0 bridgehead atoms. The summed E-state index contributed by atoms with van der Waals surface area (Å²) in [6, 6.07) is 9.67. The van der Waals surface area contributed by atoms with Crippen LogP contribution in [0.25, 0.3) is 0 Å². The standard InChI is InChI=1S/C18H18BrN3O5S/c1-25-13-7-5-11(19)9-12(13)17(24)20-18(28)22-21-16(23)10-4-6-14(26-2)15(8-10)27-3/h4-9H,1-3H3,(H,21,23)(H2,20,22,24,28). The molecule has 0 saturated heterocycles. The van der Waals surface area contributed by atoms with E-state index in [2.05, 4.69) is 32.1 Å². The summed E-state index contributed by atoms with van der Waals surface area (Å²) in [6.07, 6.45) is 0. The van der Waals surface area contributed by atoms with Gasteiger partial charge in [0.15, 0.2) is 16.6 Å². The maximum atomic E-state index is 12.4. The summed E-state index contributed by atoms with van der Waals surface area (Å²) in [6.45, 7) is 0. The second-order valence-electron chi connectivity index (χ2n) is 5.28. The maximum Gasteiger partial charge on any atom is 0.269 e. The third kappa shape index (κ3) is 5.33. The molecule has 0 heterocycles. The lowest BCUT2D eigenvalue weighted by Crippen LogP contribution is -2.48. The zero-order chi connectivity index (χ0) is 20.7. The van der Waals surface area contributed by atoms with Crippen LogP contribution in [0.2, 0.25) is 0 Å². The molecular weight excluding hydrogens is 450 g/mol. The predicted octanol–water partition coefficient (Wildman–Crippen LogP) is 2.42. The summed E-state index contributed by atoms with van der Waals surface area (Å²) in [7, 11) is 4.43. The summed E-state index contributed by atoms with van der Waals surface area (Å²) in [5.41, 5.74) is 5.48. The first kappa shape index (κ1) is 21.5. The van der Waals surface area contributed by atoms with E-state index in [1.54, 1.807) is 30.3 Å². The average molecular weight is 468 g/mol. The number of nitrogens with one attached hydrogen (secondary N) is 3. The van der Waals surface area contributed by atoms with Crippen LogP contribution in [0.4, 0.5) is 0 Å². The largest absolute Gasteiger partial charge is 0.496 e. The molecule has 28 heavy (non-hydrogen) atoms. The molecular formula is C18H18BrN3O5S. The van der Waals surface area contributed by atoms with Crippen molar-refractivity contribution < 1.29 is 23.8 Å². The number of hydrogen-bond donors (Lipinski definition) is 3. The van der Waals surface area contributed by atoms with Crippen molar-refractivity contribution >= 4 is 45.1 Å². The van der Waals surface area contributed by atoms with Gasteiger partial charge in [-0.25, -0.2) is 0 Å². The highest BCUT2D eigenvalue weighted by Crippen LogP contribution is 2.27. The van der Waals surface area contributed by atoms with Gasteiger partial charge in [0.05, 0.1) is 26.9 Å². The number of carbonyl (C=O) groups is 2. The van der Waals surface area contributed by atoms with Crippen LogP contribution in [-0.2, 0) is 0 Å². The number of hydrogen-bond acceptors (Lipinski definition) is 6. The summed E-state index contributed by atoms with van der Waals surface area (Å²) in [4.78, 5) is 24.6. The van der Waals surface area contributed by atoms with Crippen LogP contribution >= 0.6 is 28.1 Å². The van der Waals surface area contributed by atoms with Crippen LogP contribution in [-0.4, -0.2) is 38.3 Å². The van der Waals surface area contributed by atoms with Crippen LogP contribution < -0.4 is 30.4 Å². The molecule has 2 amide bonds. The quantitative estimate of drug-likeness (QED) is 0.458. The molecule has 0 fully saturated rings. The molecule has 0 atom stereocenters. The van der Waals surface area contributed by atoms with Crippen LogP contribution in [0.3, 0.4) is 0 Å². The lowest BCUT2D eigenvalue weighted by Gasteiger charge is -2.13. The Hall–Kier alpha value is -2.85. The summed E-state index contributed by atoms with van der Waals surface area (Å²) in [5, 5.41) is 2.38. The van der Waals surface area contributed by atoms with E-state index in [9.17, 15) is 9.59 Å². The minimum atomic E-state index is -0.490. The van der Waals surface area contributed by atoms with Gasteiger partial charge in [-0.1, -0.05) is 15.9 Å². The first-order valence-electron chi connectivity index (χ1n) is 7.86. The minimum absolute atomic E-state index is 0.0825. The van der Waals surface area contributed by atoms with Crippen molar-refractivity contribution in [1.82, 2.24) is 16.2 Å². The molecule has 0 spiro atoms. The zero-order valence-electron chi connectivity index (χ0n) is 15.3. The number of benzene rings is 2. The van der Waals surface area contributed by atoms with Crippen molar-refractivity contribution in [3.8, 4) is 17.2 Å². The van der Waals surface area contributed by atoms with Gasteiger partial charge in [-0.05, 0) is 48.6 Å². The van der Waals surface area contributed by atoms with Crippen LogP contribution in [0.5, 0.6) is 17.2 Å². The SMILES string of the molecule is COc1ccc(C(=O)NNC(=S)NC(=O)c2cc(Br)ccc2OC)cc1OC. The lowest BCUT2D eigenvalue weighted by atomic mass is 10.2. The molecule has 0 saturated carbocycles. The normalized spacial score (nSPS) is 9.86. The topological polar surface area (TPSA) is 97.9 Å². The van der Waals surface area contributed by atoms with Crippen molar-refractivity contribution in [3.63, 3.8) is 0 Å². The van der Waals surface area contributed by atoms with Crippen molar-refractivity contribution in [2.75, 3.05) is 21.3 Å². The Morgan fingerprint density at radius 1 is 0.857 bits per heavy atom. The third-order valence-corrected chi connectivity index (χ3v) is 4.27. The molecule has 2 aromatic carbocycles. The molecule has 8 nitrogen and oxygen atoms in total. The second kappa shape index (κ2) is 9.90. The number of carbonyl (C=O) groups excluding carboxylic acids is 2. The fourth-order valence-corrected chi connectivity index (χ4v) is 2.73. The number of hydrazine groups is 1. The highest BCUT2D eigenvalue weighted by molar-refractivity contribution is 9.10. The van der Waals surface area contributed by atoms with Crippen molar-refractivity contribution in [3.05, 3.63) is 52.0 Å². The van der Waals surface area contributed by atoms with Gasteiger partial charge in [0.1, 0.15) is 5.75 Å². The molecule has 0 aliphatic carbocycles. The Balaban J connectivity index is 1.98. The summed E-state index contributed by atoms with van der Waals surface area (Å²) in [5.74, 6) is 0.331. The minimum Gasteiger partial charge on any atom is -0.496 e. The molecule has 2 rings (SSSR count). The highest BCUT2D eigenvalue weighted by Gasteiger charge is 2.15. The molecule has 148 valence electrons. The van der Waals surface area contributed by atoms with E-state index in [1.165, 1.54) is 27.4 Å². The lowest BCUT2D eigenvalue weighted by molar-refractivity contribution is 0.0933. The molecule has 0 aliphatic rings. The highest BCUT2D eigenvalue weighted by atomic mass is 79.9. The predicted molar refractivity (Wildman–Crippen MR) is 111 cm³/mol. The molecule has 0 radical (unpaired) electrons. The number of methoxy groups -OCH3 is 3. The Morgan fingerprint density at radius 2 is 1.50 bits per heavy atom. The zero-order valence-corrected chi connectivity index (χ0v) is 17.7. The van der Waals surface area contributed by atoms with Gasteiger partial charge in [-0.2, -0.15) is 0 Å². The number of rotatable bonds is 5. The molecule has 0 aliphatic heterocycles.